The molecule has 2 aromatic rings. The van der Waals surface area contributed by atoms with Crippen molar-refractivity contribution in [2.24, 2.45) is 0 Å². The Kier molecular flexibility index (Phi) is 8.88. The second kappa shape index (κ2) is 11.2. The van der Waals surface area contributed by atoms with Crippen molar-refractivity contribution in [1.82, 2.24) is 10.2 Å². The zero-order valence-electron chi connectivity index (χ0n) is 20.6. The Morgan fingerprint density at radius 3 is 2.25 bits per heavy atom. The highest BCUT2D eigenvalue weighted by molar-refractivity contribution is 5.88. The minimum Gasteiger partial charge on any atom is -0.483 e. The molecule has 0 saturated carbocycles. The number of carbonyl (C=O) groups is 2. The van der Waals surface area contributed by atoms with Gasteiger partial charge in [0.1, 0.15) is 11.8 Å². The van der Waals surface area contributed by atoms with Crippen molar-refractivity contribution < 1.29 is 14.3 Å². The molecule has 0 unspecified atom stereocenters. The van der Waals surface area contributed by atoms with Crippen molar-refractivity contribution in [1.29, 1.82) is 0 Å². The Balaban J connectivity index is 2.29. The summed E-state index contributed by atoms with van der Waals surface area (Å²) in [7, 11) is 0. The molecule has 0 bridgehead atoms. The zero-order chi connectivity index (χ0) is 23.9. The first-order chi connectivity index (χ1) is 15.0. The number of carbonyl (C=O) groups excluding carboxylic acids is 2. The summed E-state index contributed by atoms with van der Waals surface area (Å²) in [5, 5.41) is 3.03. The van der Waals surface area contributed by atoms with Gasteiger partial charge in [-0.15, -0.1) is 0 Å². The molecule has 32 heavy (non-hydrogen) atoms. The average Bonchev–Trinajstić information content (AvgIpc) is 2.72. The lowest BCUT2D eigenvalue weighted by atomic mass is 10.0. The van der Waals surface area contributed by atoms with Gasteiger partial charge in [-0.05, 0) is 62.8 Å². The van der Waals surface area contributed by atoms with E-state index in [1.165, 1.54) is 0 Å². The molecule has 5 nitrogen and oxygen atoms in total. The molecule has 0 radical (unpaired) electrons. The molecule has 2 aromatic carbocycles. The Hall–Kier alpha value is -2.82. The van der Waals surface area contributed by atoms with Gasteiger partial charge >= 0.3 is 0 Å². The van der Waals surface area contributed by atoms with Gasteiger partial charge in [-0.25, -0.2) is 0 Å². The monoisotopic (exact) mass is 438 g/mol. The maximum Gasteiger partial charge on any atom is 0.261 e. The number of hydrogen-bond donors (Lipinski definition) is 1. The molecule has 0 fully saturated rings. The van der Waals surface area contributed by atoms with E-state index in [9.17, 15) is 9.59 Å². The van der Waals surface area contributed by atoms with E-state index in [4.69, 9.17) is 4.74 Å². The predicted molar refractivity (Wildman–Crippen MR) is 130 cm³/mol. The first-order valence-corrected chi connectivity index (χ1v) is 11.4. The van der Waals surface area contributed by atoms with Crippen LogP contribution in [0.25, 0.3) is 0 Å². The number of para-hydroxylation sites is 1. The van der Waals surface area contributed by atoms with Crippen LogP contribution >= 0.6 is 0 Å². The van der Waals surface area contributed by atoms with Crippen molar-refractivity contribution in [3.8, 4) is 5.75 Å². The van der Waals surface area contributed by atoms with Crippen molar-refractivity contribution in [3.05, 3.63) is 65.2 Å². The number of nitrogens with zero attached hydrogens (tertiary/aromatic N) is 1. The molecule has 2 rings (SSSR count). The van der Waals surface area contributed by atoms with Crippen LogP contribution in [-0.4, -0.2) is 34.9 Å². The van der Waals surface area contributed by atoms with Crippen LogP contribution < -0.4 is 10.1 Å². The van der Waals surface area contributed by atoms with Gasteiger partial charge in [-0.2, -0.15) is 0 Å². The summed E-state index contributed by atoms with van der Waals surface area (Å²) in [4.78, 5) is 28.1. The van der Waals surface area contributed by atoms with Gasteiger partial charge in [0.05, 0.1) is 0 Å². The molecule has 0 aliphatic rings. The minimum absolute atomic E-state index is 0.116. The number of aryl methyl sites for hydroxylation is 1. The van der Waals surface area contributed by atoms with E-state index in [0.717, 1.165) is 16.7 Å². The lowest BCUT2D eigenvalue weighted by Gasteiger charge is -2.33. The maximum absolute atomic E-state index is 13.4. The number of hydrogen-bond acceptors (Lipinski definition) is 3. The summed E-state index contributed by atoms with van der Waals surface area (Å²) in [6.45, 7) is 14.2. The van der Waals surface area contributed by atoms with Crippen molar-refractivity contribution in [2.45, 2.75) is 78.9 Å². The summed E-state index contributed by atoms with van der Waals surface area (Å²) < 4.78 is 5.96. The summed E-state index contributed by atoms with van der Waals surface area (Å²) in [6, 6.07) is 15.1. The Morgan fingerprint density at radius 1 is 1.03 bits per heavy atom. The molecule has 1 atom stereocenters. The molecule has 174 valence electrons. The largest absolute Gasteiger partial charge is 0.483 e. The normalized spacial score (nSPS) is 12.4. The quantitative estimate of drug-likeness (QED) is 0.584. The molecular formula is C27H38N2O3. The van der Waals surface area contributed by atoms with Crippen molar-refractivity contribution in [2.75, 3.05) is 6.61 Å². The molecule has 2 amide bonds. The third-order valence-electron chi connectivity index (χ3n) is 5.38. The number of ether oxygens (including phenoxy) is 1. The van der Waals surface area contributed by atoms with E-state index in [2.05, 4.69) is 19.2 Å². The highest BCUT2D eigenvalue weighted by Crippen LogP contribution is 2.26. The molecular weight excluding hydrogens is 400 g/mol. The summed E-state index contributed by atoms with van der Waals surface area (Å²) in [5.74, 6) is 0.636. The van der Waals surface area contributed by atoms with E-state index in [1.807, 2.05) is 83.1 Å². The first-order valence-electron chi connectivity index (χ1n) is 11.4. The van der Waals surface area contributed by atoms with Gasteiger partial charge in [0.15, 0.2) is 6.61 Å². The molecule has 0 spiro atoms. The van der Waals surface area contributed by atoms with E-state index in [1.54, 1.807) is 4.90 Å². The standard InChI is InChI=1S/C27H38N2O3/c1-8-23(26(31)28-27(5,6)7)29(17-21-14-10-9-13-20(21)4)25(30)18-32-24-16-12-11-15-22(24)19(2)3/h9-16,19,23H,8,17-18H2,1-7H3,(H,28,31)/t23-/m1/s1. The Morgan fingerprint density at radius 2 is 1.66 bits per heavy atom. The highest BCUT2D eigenvalue weighted by Gasteiger charge is 2.31. The van der Waals surface area contributed by atoms with Gasteiger partial charge < -0.3 is 15.0 Å². The molecule has 1 N–H and O–H groups in total. The van der Waals surface area contributed by atoms with Gasteiger partial charge in [-0.3, -0.25) is 9.59 Å². The fraction of sp³-hybridized carbons (Fsp3) is 0.481. The van der Waals surface area contributed by atoms with Crippen LogP contribution in [0.1, 0.15) is 70.6 Å². The average molecular weight is 439 g/mol. The second-order valence-electron chi connectivity index (χ2n) is 9.59. The first kappa shape index (κ1) is 25.4. The van der Waals surface area contributed by atoms with Crippen LogP contribution in [0.2, 0.25) is 0 Å². The second-order valence-corrected chi connectivity index (χ2v) is 9.59. The Labute approximate surface area is 193 Å². The Bertz CT molecular complexity index is 915. The van der Waals surface area contributed by atoms with E-state index >= 15 is 0 Å². The maximum atomic E-state index is 13.4. The fourth-order valence-electron chi connectivity index (χ4n) is 3.65. The van der Waals surface area contributed by atoms with Crippen molar-refractivity contribution in [3.63, 3.8) is 0 Å². The van der Waals surface area contributed by atoms with Crippen LogP contribution in [0.4, 0.5) is 0 Å². The molecule has 0 heterocycles. The number of nitrogens with one attached hydrogen (secondary N) is 1. The highest BCUT2D eigenvalue weighted by atomic mass is 16.5. The minimum atomic E-state index is -0.578. The van der Waals surface area contributed by atoms with Gasteiger partial charge in [0.2, 0.25) is 5.91 Å². The summed E-state index contributed by atoms with van der Waals surface area (Å²) in [6.07, 6.45) is 0.516. The molecule has 5 heteroatoms. The molecule has 0 saturated heterocycles. The van der Waals surface area contributed by atoms with E-state index in [-0.39, 0.29) is 29.9 Å². The topological polar surface area (TPSA) is 58.6 Å². The van der Waals surface area contributed by atoms with Crippen LogP contribution in [0, 0.1) is 6.92 Å². The number of rotatable bonds is 9. The third kappa shape index (κ3) is 7.11. The van der Waals surface area contributed by atoms with Gasteiger partial charge in [0, 0.05) is 12.1 Å². The van der Waals surface area contributed by atoms with Crippen LogP contribution in [-0.2, 0) is 16.1 Å². The zero-order valence-corrected chi connectivity index (χ0v) is 20.6. The summed E-state index contributed by atoms with van der Waals surface area (Å²) in [5.41, 5.74) is 2.78. The van der Waals surface area contributed by atoms with Crippen LogP contribution in [0.15, 0.2) is 48.5 Å². The summed E-state index contributed by atoms with van der Waals surface area (Å²) >= 11 is 0. The molecule has 0 aliphatic carbocycles. The lowest BCUT2D eigenvalue weighted by Crippen LogP contribution is -2.54. The SMILES string of the molecule is CC[C@H](C(=O)NC(C)(C)C)N(Cc1ccccc1C)C(=O)COc1ccccc1C(C)C. The van der Waals surface area contributed by atoms with Crippen molar-refractivity contribution >= 4 is 11.8 Å². The van der Waals surface area contributed by atoms with E-state index < -0.39 is 6.04 Å². The lowest BCUT2D eigenvalue weighted by molar-refractivity contribution is -0.143. The van der Waals surface area contributed by atoms with Crippen LogP contribution in [0.3, 0.4) is 0 Å². The number of amides is 2. The van der Waals surface area contributed by atoms with E-state index in [0.29, 0.717) is 18.7 Å². The smallest absolute Gasteiger partial charge is 0.261 e. The van der Waals surface area contributed by atoms with Crippen LogP contribution in [0.5, 0.6) is 5.75 Å². The molecule has 0 aliphatic heterocycles. The number of benzene rings is 2. The predicted octanol–water partition coefficient (Wildman–Crippen LogP) is 5.22. The van der Waals surface area contributed by atoms with Gasteiger partial charge in [0.25, 0.3) is 5.91 Å². The molecule has 0 aromatic heterocycles. The third-order valence-corrected chi connectivity index (χ3v) is 5.38. The van der Waals surface area contributed by atoms with Gasteiger partial charge in [-0.1, -0.05) is 63.2 Å². The fourth-order valence-corrected chi connectivity index (χ4v) is 3.65.